The minimum atomic E-state index is -0.221. The van der Waals surface area contributed by atoms with Gasteiger partial charge in [0.25, 0.3) is 11.8 Å². The summed E-state index contributed by atoms with van der Waals surface area (Å²) in [4.78, 5) is 26.4. The number of nitrogens with zero attached hydrogens (tertiary/aromatic N) is 1. The number of para-hydroxylation sites is 1. The molecule has 0 spiro atoms. The molecular weight excluding hydrogens is 384 g/mol. The van der Waals surface area contributed by atoms with Crippen LogP contribution in [0.5, 0.6) is 0 Å². The Bertz CT molecular complexity index is 919. The standard InChI is InChI=1S/C19H19ClN4O2S/c1-24(10-17(25)22-15-7-3-2-6-14(15)20)11-18(26)23-19-13(9-21)12-5-4-8-16(12)27-19/h2-3,6-7H,4-5,8,10-11H2,1H3,(H,22,25)(H,23,26)/p+1. The van der Waals surface area contributed by atoms with Gasteiger partial charge in [-0.15, -0.1) is 11.3 Å². The van der Waals surface area contributed by atoms with E-state index in [2.05, 4.69) is 16.7 Å². The maximum atomic E-state index is 12.3. The van der Waals surface area contributed by atoms with Gasteiger partial charge in [-0.05, 0) is 37.0 Å². The third kappa shape index (κ3) is 4.66. The maximum absolute atomic E-state index is 12.3. The van der Waals surface area contributed by atoms with E-state index in [1.54, 1.807) is 31.3 Å². The van der Waals surface area contributed by atoms with Crippen molar-refractivity contribution >= 4 is 45.4 Å². The predicted molar refractivity (Wildman–Crippen MR) is 106 cm³/mol. The number of carbonyl (C=O) groups excluding carboxylic acids is 2. The zero-order chi connectivity index (χ0) is 19.4. The predicted octanol–water partition coefficient (Wildman–Crippen LogP) is 1.85. The Morgan fingerprint density at radius 3 is 2.63 bits per heavy atom. The van der Waals surface area contributed by atoms with Crippen LogP contribution in [0.4, 0.5) is 10.7 Å². The van der Waals surface area contributed by atoms with Crippen LogP contribution < -0.4 is 15.5 Å². The SMILES string of the molecule is C[NH+](CC(=O)Nc1ccccc1Cl)CC(=O)Nc1sc2c(c1C#N)CCC2. The lowest BCUT2D eigenvalue weighted by Crippen LogP contribution is -3.11. The number of nitrogens with one attached hydrogen (secondary N) is 3. The molecular formula is C19H20ClN4O2S+. The molecule has 1 unspecified atom stereocenters. The fraction of sp³-hybridized carbons (Fsp3) is 0.316. The molecule has 0 saturated heterocycles. The van der Waals surface area contributed by atoms with Gasteiger partial charge in [-0.25, -0.2) is 0 Å². The molecule has 0 bridgehead atoms. The van der Waals surface area contributed by atoms with Crippen LogP contribution in [0, 0.1) is 11.3 Å². The molecule has 1 heterocycles. The first-order valence-electron chi connectivity index (χ1n) is 8.68. The Hall–Kier alpha value is -2.40. The maximum Gasteiger partial charge on any atom is 0.280 e. The minimum absolute atomic E-state index is 0.128. The molecule has 1 atom stereocenters. The summed E-state index contributed by atoms with van der Waals surface area (Å²) >= 11 is 7.52. The molecule has 0 fully saturated rings. The average Bonchev–Trinajstić information content (AvgIpc) is 3.17. The zero-order valence-electron chi connectivity index (χ0n) is 14.9. The van der Waals surface area contributed by atoms with Crippen LogP contribution >= 0.6 is 22.9 Å². The van der Waals surface area contributed by atoms with Crippen LogP contribution in [0.3, 0.4) is 0 Å². The van der Waals surface area contributed by atoms with Gasteiger partial charge in [-0.2, -0.15) is 5.26 Å². The number of hydrogen-bond donors (Lipinski definition) is 3. The summed E-state index contributed by atoms with van der Waals surface area (Å²) in [5.41, 5.74) is 2.22. The van der Waals surface area contributed by atoms with Crippen LogP contribution in [-0.4, -0.2) is 32.0 Å². The summed E-state index contributed by atoms with van der Waals surface area (Å²) < 4.78 is 0. The number of hydrogen-bond acceptors (Lipinski definition) is 4. The van der Waals surface area contributed by atoms with Crippen molar-refractivity contribution in [2.75, 3.05) is 30.8 Å². The molecule has 0 aliphatic heterocycles. The fourth-order valence-electron chi connectivity index (χ4n) is 3.15. The summed E-state index contributed by atoms with van der Waals surface area (Å²) in [5.74, 6) is -0.435. The first-order valence-corrected chi connectivity index (χ1v) is 9.87. The molecule has 3 N–H and O–H groups in total. The minimum Gasteiger partial charge on any atom is -0.322 e. The molecule has 27 heavy (non-hydrogen) atoms. The van der Waals surface area contributed by atoms with E-state index >= 15 is 0 Å². The van der Waals surface area contributed by atoms with E-state index in [1.165, 1.54) is 16.2 Å². The molecule has 6 nitrogen and oxygen atoms in total. The molecule has 2 aromatic rings. The number of thiophene rings is 1. The van der Waals surface area contributed by atoms with Crippen molar-refractivity contribution in [1.82, 2.24) is 0 Å². The third-order valence-corrected chi connectivity index (χ3v) is 5.90. The van der Waals surface area contributed by atoms with Gasteiger partial charge in [0, 0.05) is 4.88 Å². The number of nitriles is 1. The van der Waals surface area contributed by atoms with E-state index < -0.39 is 0 Å². The summed E-state index contributed by atoms with van der Waals surface area (Å²) in [5, 5.41) is 16.1. The average molecular weight is 404 g/mol. The number of benzene rings is 1. The van der Waals surface area contributed by atoms with E-state index in [1.807, 2.05) is 0 Å². The lowest BCUT2D eigenvalue weighted by Gasteiger charge is -2.14. The van der Waals surface area contributed by atoms with E-state index in [9.17, 15) is 14.9 Å². The van der Waals surface area contributed by atoms with Crippen molar-refractivity contribution in [3.05, 3.63) is 45.3 Å². The summed E-state index contributed by atoms with van der Waals surface area (Å²) in [7, 11) is 1.77. The number of likely N-dealkylation sites (N-methyl/N-ethyl adjacent to an activating group) is 1. The second kappa shape index (κ2) is 8.53. The topological polar surface area (TPSA) is 86.4 Å². The van der Waals surface area contributed by atoms with Crippen LogP contribution in [0.15, 0.2) is 24.3 Å². The molecule has 0 radical (unpaired) electrons. The highest BCUT2D eigenvalue weighted by Gasteiger charge is 2.24. The molecule has 8 heteroatoms. The summed E-state index contributed by atoms with van der Waals surface area (Å²) in [6.07, 6.45) is 2.94. The van der Waals surface area contributed by atoms with Crippen molar-refractivity contribution < 1.29 is 14.5 Å². The van der Waals surface area contributed by atoms with Crippen LogP contribution in [0.2, 0.25) is 5.02 Å². The highest BCUT2D eigenvalue weighted by Crippen LogP contribution is 2.38. The number of carbonyl (C=O) groups is 2. The summed E-state index contributed by atoms with van der Waals surface area (Å²) in [6, 6.07) is 9.21. The molecule has 0 saturated carbocycles. The van der Waals surface area contributed by atoms with Gasteiger partial charge in [0.05, 0.1) is 23.3 Å². The highest BCUT2D eigenvalue weighted by molar-refractivity contribution is 7.16. The van der Waals surface area contributed by atoms with Crippen molar-refractivity contribution in [2.24, 2.45) is 0 Å². The molecule has 1 aromatic carbocycles. The lowest BCUT2D eigenvalue weighted by molar-refractivity contribution is -0.862. The zero-order valence-corrected chi connectivity index (χ0v) is 16.5. The van der Waals surface area contributed by atoms with Crippen molar-refractivity contribution in [3.8, 4) is 6.07 Å². The Balaban J connectivity index is 1.53. The quantitative estimate of drug-likeness (QED) is 0.688. The number of anilines is 2. The van der Waals surface area contributed by atoms with Crippen LogP contribution in [0.1, 0.15) is 22.4 Å². The lowest BCUT2D eigenvalue weighted by atomic mass is 10.1. The highest BCUT2D eigenvalue weighted by atomic mass is 35.5. The molecule has 3 rings (SSSR count). The van der Waals surface area contributed by atoms with Crippen molar-refractivity contribution in [1.29, 1.82) is 5.26 Å². The largest absolute Gasteiger partial charge is 0.322 e. The second-order valence-electron chi connectivity index (χ2n) is 6.56. The first kappa shape index (κ1) is 19.4. The van der Waals surface area contributed by atoms with Gasteiger partial charge in [0.2, 0.25) is 0 Å². The van der Waals surface area contributed by atoms with Crippen molar-refractivity contribution in [2.45, 2.75) is 19.3 Å². The number of aryl methyl sites for hydroxylation is 1. The Morgan fingerprint density at radius 1 is 1.22 bits per heavy atom. The smallest absolute Gasteiger partial charge is 0.280 e. The van der Waals surface area contributed by atoms with Crippen LogP contribution in [-0.2, 0) is 22.4 Å². The molecule has 140 valence electrons. The van der Waals surface area contributed by atoms with Gasteiger partial charge in [0.15, 0.2) is 13.1 Å². The Labute approximate surface area is 166 Å². The van der Waals surface area contributed by atoms with Gasteiger partial charge in [-0.3, -0.25) is 9.59 Å². The molecule has 1 aliphatic rings. The third-order valence-electron chi connectivity index (χ3n) is 4.36. The second-order valence-corrected chi connectivity index (χ2v) is 8.07. The van der Waals surface area contributed by atoms with E-state index in [0.29, 0.717) is 21.3 Å². The normalized spacial score (nSPS) is 13.5. The Morgan fingerprint density at radius 2 is 1.93 bits per heavy atom. The van der Waals surface area contributed by atoms with Gasteiger partial charge < -0.3 is 15.5 Å². The van der Waals surface area contributed by atoms with Gasteiger partial charge in [-0.1, -0.05) is 23.7 Å². The van der Waals surface area contributed by atoms with Crippen molar-refractivity contribution in [3.63, 3.8) is 0 Å². The molecule has 1 aliphatic carbocycles. The first-order chi connectivity index (χ1) is 13.0. The summed E-state index contributed by atoms with van der Waals surface area (Å²) in [6.45, 7) is 0.258. The van der Waals surface area contributed by atoms with Gasteiger partial charge in [0.1, 0.15) is 11.1 Å². The Kier molecular flexibility index (Phi) is 6.11. The number of halogens is 1. The van der Waals surface area contributed by atoms with E-state index in [-0.39, 0.29) is 24.9 Å². The van der Waals surface area contributed by atoms with Gasteiger partial charge >= 0.3 is 0 Å². The van der Waals surface area contributed by atoms with E-state index in [0.717, 1.165) is 29.7 Å². The number of rotatable bonds is 6. The molecule has 1 aromatic heterocycles. The van der Waals surface area contributed by atoms with Crippen LogP contribution in [0.25, 0.3) is 0 Å². The van der Waals surface area contributed by atoms with E-state index in [4.69, 9.17) is 11.6 Å². The number of amides is 2. The number of fused-ring (bicyclic) bond motifs is 1. The number of quaternary nitrogens is 1. The molecule has 2 amide bonds. The fourth-order valence-corrected chi connectivity index (χ4v) is 4.59. The monoisotopic (exact) mass is 403 g/mol.